The Hall–Kier alpha value is -1.47. The number of phenols is 1. The quantitative estimate of drug-likeness (QED) is 0.599. The Morgan fingerprint density at radius 1 is 1.12 bits per heavy atom. The predicted molar refractivity (Wildman–Crippen MR) is 104 cm³/mol. The first kappa shape index (κ1) is 18.3. The smallest absolute Gasteiger partial charge is 0.293 e. The molecule has 0 saturated carbocycles. The summed E-state index contributed by atoms with van der Waals surface area (Å²) >= 11 is 15.9. The zero-order chi connectivity index (χ0) is 18.1. The standard InChI is InChI=1S/C17H10BrCl2NO3S/c18-11-5-9(2-4-14(11)22)7-15-16(23)21(17(24)25-15)8-10-1-3-12(19)13(20)6-10/h1-7,22H,8H2/b15-7+. The van der Waals surface area contributed by atoms with Crippen LogP contribution in [0.25, 0.3) is 6.08 Å². The van der Waals surface area contributed by atoms with Gasteiger partial charge in [-0.3, -0.25) is 14.5 Å². The Balaban J connectivity index is 1.83. The van der Waals surface area contributed by atoms with Crippen LogP contribution < -0.4 is 0 Å². The van der Waals surface area contributed by atoms with Crippen LogP contribution in [-0.2, 0) is 11.3 Å². The van der Waals surface area contributed by atoms with Gasteiger partial charge < -0.3 is 5.11 Å². The van der Waals surface area contributed by atoms with E-state index in [-0.39, 0.29) is 23.4 Å². The molecule has 1 aliphatic rings. The van der Waals surface area contributed by atoms with E-state index in [0.29, 0.717) is 30.6 Å². The molecule has 25 heavy (non-hydrogen) atoms. The summed E-state index contributed by atoms with van der Waals surface area (Å²) in [4.78, 5) is 26.2. The molecule has 0 spiro atoms. The lowest BCUT2D eigenvalue weighted by molar-refractivity contribution is -0.123. The van der Waals surface area contributed by atoms with Crippen LogP contribution in [0.2, 0.25) is 10.0 Å². The molecule has 0 aromatic heterocycles. The van der Waals surface area contributed by atoms with Crippen LogP contribution in [-0.4, -0.2) is 21.2 Å². The van der Waals surface area contributed by atoms with E-state index in [1.807, 2.05) is 0 Å². The third kappa shape index (κ3) is 4.03. The number of benzene rings is 2. The average molecular weight is 459 g/mol. The van der Waals surface area contributed by atoms with Gasteiger partial charge in [-0.1, -0.05) is 35.3 Å². The number of hydrogen-bond donors (Lipinski definition) is 1. The van der Waals surface area contributed by atoms with Gasteiger partial charge in [0.05, 0.1) is 26.0 Å². The number of amides is 2. The normalized spacial score (nSPS) is 16.1. The van der Waals surface area contributed by atoms with E-state index in [2.05, 4.69) is 15.9 Å². The second-order valence-corrected chi connectivity index (χ2v) is 7.89. The van der Waals surface area contributed by atoms with Crippen molar-refractivity contribution < 1.29 is 14.7 Å². The summed E-state index contributed by atoms with van der Waals surface area (Å²) in [5, 5.41) is 9.96. The average Bonchev–Trinajstić information content (AvgIpc) is 2.82. The SMILES string of the molecule is O=C1S/C(=C/c2ccc(O)c(Br)c2)C(=O)N1Cc1ccc(Cl)c(Cl)c1. The van der Waals surface area contributed by atoms with Crippen LogP contribution in [0.3, 0.4) is 0 Å². The highest BCUT2D eigenvalue weighted by atomic mass is 79.9. The number of imide groups is 1. The lowest BCUT2D eigenvalue weighted by Crippen LogP contribution is -2.27. The van der Waals surface area contributed by atoms with Crippen molar-refractivity contribution in [2.24, 2.45) is 0 Å². The first-order valence-corrected chi connectivity index (χ1v) is 9.39. The van der Waals surface area contributed by atoms with Crippen molar-refractivity contribution in [2.75, 3.05) is 0 Å². The van der Waals surface area contributed by atoms with Crippen molar-refractivity contribution in [3.8, 4) is 5.75 Å². The number of thioether (sulfide) groups is 1. The molecule has 1 fully saturated rings. The van der Waals surface area contributed by atoms with E-state index in [1.165, 1.54) is 6.07 Å². The maximum absolute atomic E-state index is 12.5. The number of phenolic OH excluding ortho intramolecular Hbond substituents is 1. The van der Waals surface area contributed by atoms with Gasteiger partial charge in [0.2, 0.25) is 0 Å². The van der Waals surface area contributed by atoms with Crippen molar-refractivity contribution in [2.45, 2.75) is 6.54 Å². The molecule has 1 saturated heterocycles. The Labute approximate surface area is 166 Å². The first-order valence-electron chi connectivity index (χ1n) is 7.03. The van der Waals surface area contributed by atoms with Gasteiger partial charge in [-0.25, -0.2) is 0 Å². The summed E-state index contributed by atoms with van der Waals surface area (Å²) in [5.41, 5.74) is 1.41. The van der Waals surface area contributed by atoms with Gasteiger partial charge in [0, 0.05) is 0 Å². The van der Waals surface area contributed by atoms with Gasteiger partial charge in [-0.2, -0.15) is 0 Å². The van der Waals surface area contributed by atoms with Gasteiger partial charge in [0.25, 0.3) is 11.1 Å². The molecule has 1 heterocycles. The fraction of sp³-hybridized carbons (Fsp3) is 0.0588. The zero-order valence-corrected chi connectivity index (χ0v) is 16.4. The van der Waals surface area contributed by atoms with E-state index < -0.39 is 0 Å². The Bertz CT molecular complexity index is 917. The van der Waals surface area contributed by atoms with Crippen molar-refractivity contribution in [1.29, 1.82) is 0 Å². The second kappa shape index (κ2) is 7.41. The minimum Gasteiger partial charge on any atom is -0.507 e. The molecule has 4 nitrogen and oxygen atoms in total. The molecule has 0 unspecified atom stereocenters. The summed E-state index contributed by atoms with van der Waals surface area (Å²) < 4.78 is 0.510. The molecule has 1 N–H and O–H groups in total. The van der Waals surface area contributed by atoms with Crippen LogP contribution in [0.4, 0.5) is 4.79 Å². The molecule has 0 atom stereocenters. The summed E-state index contributed by atoms with van der Waals surface area (Å²) in [6.45, 7) is 0.123. The first-order chi connectivity index (χ1) is 11.8. The number of nitrogens with zero attached hydrogens (tertiary/aromatic N) is 1. The van der Waals surface area contributed by atoms with E-state index in [1.54, 1.807) is 36.4 Å². The minimum absolute atomic E-state index is 0.102. The Kier molecular flexibility index (Phi) is 5.43. The maximum atomic E-state index is 12.5. The number of aromatic hydroxyl groups is 1. The molecular formula is C17H10BrCl2NO3S. The van der Waals surface area contributed by atoms with Crippen molar-refractivity contribution in [3.63, 3.8) is 0 Å². The number of carbonyl (C=O) groups excluding carboxylic acids is 2. The van der Waals surface area contributed by atoms with Crippen LogP contribution in [0, 0.1) is 0 Å². The Morgan fingerprint density at radius 3 is 2.56 bits per heavy atom. The maximum Gasteiger partial charge on any atom is 0.293 e. The molecular weight excluding hydrogens is 449 g/mol. The van der Waals surface area contributed by atoms with Gasteiger partial charge >= 0.3 is 0 Å². The van der Waals surface area contributed by atoms with Gasteiger partial charge in [-0.05, 0) is 69.2 Å². The zero-order valence-electron chi connectivity index (χ0n) is 12.5. The molecule has 2 aromatic carbocycles. The summed E-state index contributed by atoms with van der Waals surface area (Å²) in [7, 11) is 0. The minimum atomic E-state index is -0.370. The van der Waals surface area contributed by atoms with Crippen LogP contribution in [0.1, 0.15) is 11.1 Å². The highest BCUT2D eigenvalue weighted by Crippen LogP contribution is 2.35. The van der Waals surface area contributed by atoms with Gasteiger partial charge in [-0.15, -0.1) is 0 Å². The highest BCUT2D eigenvalue weighted by molar-refractivity contribution is 9.10. The highest BCUT2D eigenvalue weighted by Gasteiger charge is 2.35. The van der Waals surface area contributed by atoms with E-state index >= 15 is 0 Å². The van der Waals surface area contributed by atoms with Crippen LogP contribution >= 0.6 is 50.9 Å². The summed E-state index contributed by atoms with van der Waals surface area (Å²) in [5.74, 6) is -0.268. The lowest BCUT2D eigenvalue weighted by atomic mass is 10.2. The molecule has 0 radical (unpaired) electrons. The van der Waals surface area contributed by atoms with Crippen molar-refractivity contribution >= 4 is 68.1 Å². The Morgan fingerprint density at radius 2 is 1.88 bits per heavy atom. The largest absolute Gasteiger partial charge is 0.507 e. The predicted octanol–water partition coefficient (Wildman–Crippen LogP) is 5.70. The number of carbonyl (C=O) groups is 2. The molecule has 128 valence electrons. The van der Waals surface area contributed by atoms with E-state index in [0.717, 1.165) is 16.7 Å². The number of halogens is 3. The van der Waals surface area contributed by atoms with E-state index in [9.17, 15) is 14.7 Å². The summed E-state index contributed by atoms with van der Waals surface area (Å²) in [6, 6.07) is 9.82. The molecule has 3 rings (SSSR count). The van der Waals surface area contributed by atoms with Gasteiger partial charge in [0.1, 0.15) is 5.75 Å². The molecule has 8 heteroatoms. The molecule has 1 aliphatic heterocycles. The van der Waals surface area contributed by atoms with Crippen molar-refractivity contribution in [3.05, 3.63) is 66.9 Å². The van der Waals surface area contributed by atoms with E-state index in [4.69, 9.17) is 23.2 Å². The van der Waals surface area contributed by atoms with Crippen molar-refractivity contribution in [1.82, 2.24) is 4.90 Å². The molecule has 2 amide bonds. The summed E-state index contributed by atoms with van der Waals surface area (Å²) in [6.07, 6.45) is 1.62. The number of hydrogen-bond acceptors (Lipinski definition) is 4. The monoisotopic (exact) mass is 457 g/mol. The fourth-order valence-electron chi connectivity index (χ4n) is 2.22. The number of rotatable bonds is 3. The second-order valence-electron chi connectivity index (χ2n) is 5.23. The van der Waals surface area contributed by atoms with Crippen LogP contribution in [0.5, 0.6) is 5.75 Å². The fourth-order valence-corrected chi connectivity index (χ4v) is 3.78. The molecule has 0 bridgehead atoms. The third-order valence-corrected chi connectivity index (χ3v) is 5.75. The van der Waals surface area contributed by atoms with Gasteiger partial charge in [0.15, 0.2) is 0 Å². The topological polar surface area (TPSA) is 57.6 Å². The molecule has 2 aromatic rings. The lowest BCUT2D eigenvalue weighted by Gasteiger charge is -2.12. The molecule has 0 aliphatic carbocycles. The third-order valence-electron chi connectivity index (χ3n) is 3.47. The van der Waals surface area contributed by atoms with Crippen LogP contribution in [0.15, 0.2) is 45.8 Å².